The molecule has 2 aromatic heterocycles. The third-order valence-electron chi connectivity index (χ3n) is 6.56. The minimum atomic E-state index is -4.81. The molecule has 11 nitrogen and oxygen atoms in total. The Bertz CT molecular complexity index is 1630. The van der Waals surface area contributed by atoms with Gasteiger partial charge in [-0.15, -0.1) is 13.2 Å². The molecule has 0 bridgehead atoms. The molecular formula is C26H21F3N6O5. The Balaban J connectivity index is 1.32. The van der Waals surface area contributed by atoms with Crippen LogP contribution < -0.4 is 15.4 Å². The molecule has 2 aromatic carbocycles. The number of rotatable bonds is 7. The molecule has 0 aliphatic heterocycles. The highest BCUT2D eigenvalue weighted by Gasteiger charge is 2.31. The molecule has 1 aliphatic carbocycles. The van der Waals surface area contributed by atoms with Crippen LogP contribution in [0.1, 0.15) is 66.1 Å². The molecule has 206 valence electrons. The van der Waals surface area contributed by atoms with Crippen LogP contribution in [-0.4, -0.2) is 48.8 Å². The van der Waals surface area contributed by atoms with Gasteiger partial charge in [0.05, 0.1) is 11.6 Å². The fraction of sp³-hybridized carbons (Fsp3) is 0.231. The van der Waals surface area contributed by atoms with E-state index >= 15 is 0 Å². The summed E-state index contributed by atoms with van der Waals surface area (Å²) in [6.07, 6.45) is -2.46. The van der Waals surface area contributed by atoms with Crippen molar-refractivity contribution in [1.82, 2.24) is 30.2 Å². The summed E-state index contributed by atoms with van der Waals surface area (Å²) in [5, 5.41) is 19.0. The second-order valence-electron chi connectivity index (χ2n) is 9.05. The maximum Gasteiger partial charge on any atom is 0.573 e. The van der Waals surface area contributed by atoms with E-state index in [4.69, 9.17) is 0 Å². The van der Waals surface area contributed by atoms with Gasteiger partial charge in [0.1, 0.15) is 23.5 Å². The summed E-state index contributed by atoms with van der Waals surface area (Å²) in [7, 11) is 0. The van der Waals surface area contributed by atoms with Crippen LogP contribution in [0.15, 0.2) is 48.8 Å². The van der Waals surface area contributed by atoms with Crippen LogP contribution >= 0.6 is 0 Å². The number of ether oxygens (including phenoxy) is 1. The van der Waals surface area contributed by atoms with Gasteiger partial charge in [-0.2, -0.15) is 14.6 Å². The van der Waals surface area contributed by atoms with E-state index in [1.54, 1.807) is 13.0 Å². The fourth-order valence-electron chi connectivity index (χ4n) is 4.67. The van der Waals surface area contributed by atoms with Gasteiger partial charge in [0.25, 0.3) is 17.6 Å². The minimum absolute atomic E-state index is 0.00799. The molecular weight excluding hydrogens is 533 g/mol. The number of alkyl halides is 3. The first-order chi connectivity index (χ1) is 19.0. The van der Waals surface area contributed by atoms with Crippen molar-refractivity contribution in [2.24, 2.45) is 0 Å². The highest BCUT2D eigenvalue weighted by molar-refractivity contribution is 5.98. The lowest BCUT2D eigenvalue weighted by Gasteiger charge is -2.16. The van der Waals surface area contributed by atoms with Crippen molar-refractivity contribution in [3.05, 3.63) is 88.0 Å². The van der Waals surface area contributed by atoms with Gasteiger partial charge >= 0.3 is 12.3 Å². The molecule has 0 spiro atoms. The predicted octanol–water partition coefficient (Wildman–Crippen LogP) is 3.38. The molecule has 1 aliphatic rings. The number of carboxylic acids is 1. The normalized spacial score (nSPS) is 14.6. The van der Waals surface area contributed by atoms with Gasteiger partial charge in [-0.3, -0.25) is 9.59 Å². The number of amides is 2. The van der Waals surface area contributed by atoms with E-state index in [1.165, 1.54) is 35.1 Å². The monoisotopic (exact) mass is 554 g/mol. The molecule has 4 aromatic rings. The van der Waals surface area contributed by atoms with Crippen LogP contribution in [0, 0.1) is 6.92 Å². The first kappa shape index (κ1) is 26.6. The number of aromatic nitrogens is 4. The van der Waals surface area contributed by atoms with Crippen molar-refractivity contribution in [2.75, 3.05) is 0 Å². The van der Waals surface area contributed by atoms with Crippen molar-refractivity contribution in [1.29, 1.82) is 0 Å². The van der Waals surface area contributed by atoms with E-state index in [0.29, 0.717) is 24.0 Å². The Morgan fingerprint density at radius 3 is 2.58 bits per heavy atom. The summed E-state index contributed by atoms with van der Waals surface area (Å²) in [4.78, 5) is 45.8. The number of halogens is 3. The zero-order valence-electron chi connectivity index (χ0n) is 20.8. The molecule has 1 atom stereocenters. The molecule has 3 N–H and O–H groups in total. The van der Waals surface area contributed by atoms with Gasteiger partial charge in [-0.1, -0.05) is 18.2 Å². The lowest BCUT2D eigenvalue weighted by atomic mass is 9.98. The van der Waals surface area contributed by atoms with Gasteiger partial charge in [0, 0.05) is 12.6 Å². The Kier molecular flexibility index (Phi) is 6.83. The third kappa shape index (κ3) is 5.41. The number of nitrogens with one attached hydrogen (secondary N) is 2. The zero-order chi connectivity index (χ0) is 28.6. The van der Waals surface area contributed by atoms with E-state index in [1.807, 2.05) is 0 Å². The Hall–Kier alpha value is -5.01. The second-order valence-corrected chi connectivity index (χ2v) is 9.05. The largest absolute Gasteiger partial charge is 0.573 e. The molecule has 2 amide bonds. The van der Waals surface area contributed by atoms with Crippen molar-refractivity contribution >= 4 is 23.6 Å². The van der Waals surface area contributed by atoms with Gasteiger partial charge in [-0.05, 0) is 60.2 Å². The average Bonchev–Trinajstić information content (AvgIpc) is 3.54. The Labute approximate surface area is 224 Å². The number of aromatic carboxylic acids is 1. The predicted molar refractivity (Wildman–Crippen MR) is 132 cm³/mol. The SMILES string of the molecule is Cc1c(C(=O)O)ccc2c1CC[C@@H]2NC(=O)c1cc(C(=O)NCc2ccc(OC(F)(F)F)cc2)nc2ncnn12. The van der Waals surface area contributed by atoms with E-state index in [0.717, 1.165) is 23.3 Å². The molecule has 0 fully saturated rings. The number of hydrogen-bond acceptors (Lipinski definition) is 7. The molecule has 5 rings (SSSR count). The van der Waals surface area contributed by atoms with Crippen LogP contribution in [0.2, 0.25) is 0 Å². The number of carbonyl (C=O) groups is 3. The number of fused-ring (bicyclic) bond motifs is 2. The van der Waals surface area contributed by atoms with Gasteiger partial charge in [0.15, 0.2) is 0 Å². The quantitative estimate of drug-likeness (QED) is 0.315. The van der Waals surface area contributed by atoms with Crippen molar-refractivity contribution in [3.63, 3.8) is 0 Å². The van der Waals surface area contributed by atoms with Gasteiger partial charge in [0.2, 0.25) is 0 Å². The Morgan fingerprint density at radius 1 is 1.12 bits per heavy atom. The summed E-state index contributed by atoms with van der Waals surface area (Å²) in [5.74, 6) is -2.57. The molecule has 40 heavy (non-hydrogen) atoms. The molecule has 14 heteroatoms. The van der Waals surface area contributed by atoms with E-state index in [-0.39, 0.29) is 41.1 Å². The summed E-state index contributed by atoms with van der Waals surface area (Å²) in [5.41, 5.74) is 2.97. The zero-order valence-corrected chi connectivity index (χ0v) is 20.8. The maximum atomic E-state index is 13.3. The van der Waals surface area contributed by atoms with Crippen LogP contribution in [0.25, 0.3) is 5.78 Å². The first-order valence-corrected chi connectivity index (χ1v) is 12.0. The van der Waals surface area contributed by atoms with E-state index < -0.39 is 24.1 Å². The lowest BCUT2D eigenvalue weighted by Crippen LogP contribution is -2.30. The van der Waals surface area contributed by atoms with Crippen LogP contribution in [0.3, 0.4) is 0 Å². The van der Waals surface area contributed by atoms with Crippen molar-refractivity contribution < 1.29 is 37.4 Å². The number of carbonyl (C=O) groups excluding carboxylic acids is 2. The molecule has 0 radical (unpaired) electrons. The summed E-state index contributed by atoms with van der Waals surface area (Å²) in [6.45, 7) is 1.71. The third-order valence-corrected chi connectivity index (χ3v) is 6.56. The highest BCUT2D eigenvalue weighted by atomic mass is 19.4. The smallest absolute Gasteiger partial charge is 0.478 e. The molecule has 0 saturated carbocycles. The first-order valence-electron chi connectivity index (χ1n) is 12.0. The molecule has 0 saturated heterocycles. The van der Waals surface area contributed by atoms with Crippen molar-refractivity contribution in [3.8, 4) is 5.75 Å². The summed E-state index contributed by atoms with van der Waals surface area (Å²) < 4.78 is 42.1. The second kappa shape index (κ2) is 10.3. The Morgan fingerprint density at radius 2 is 1.88 bits per heavy atom. The molecule has 0 unspecified atom stereocenters. The summed E-state index contributed by atoms with van der Waals surface area (Å²) >= 11 is 0. The molecule has 2 heterocycles. The number of nitrogens with zero attached hydrogens (tertiary/aromatic N) is 4. The van der Waals surface area contributed by atoms with E-state index in [2.05, 4.69) is 30.4 Å². The van der Waals surface area contributed by atoms with Crippen LogP contribution in [-0.2, 0) is 13.0 Å². The lowest BCUT2D eigenvalue weighted by molar-refractivity contribution is -0.274. The average molecular weight is 554 g/mol. The standard InChI is InChI=1S/C26H21F3N6O5/c1-13-16-8-9-19(18(16)7-6-17(13)24(38)39)33-23(37)21-10-20(34-25-31-12-32-35(21)25)22(36)30-11-14-2-4-15(5-3-14)40-26(27,28)29/h2-7,10,12,19H,8-9,11H2,1H3,(H,30,36)(H,33,37)(H,38,39)/t19-/m0/s1. The van der Waals surface area contributed by atoms with Crippen LogP contribution in [0.4, 0.5) is 13.2 Å². The number of carboxylic acid groups (broad SMARTS) is 1. The van der Waals surface area contributed by atoms with Gasteiger partial charge in [-0.25, -0.2) is 9.78 Å². The van der Waals surface area contributed by atoms with Crippen molar-refractivity contribution in [2.45, 2.75) is 38.7 Å². The number of benzene rings is 2. The number of hydrogen-bond donors (Lipinski definition) is 3. The minimum Gasteiger partial charge on any atom is -0.478 e. The van der Waals surface area contributed by atoms with Gasteiger partial charge < -0.3 is 20.5 Å². The van der Waals surface area contributed by atoms with E-state index in [9.17, 15) is 32.7 Å². The maximum absolute atomic E-state index is 13.3. The topological polar surface area (TPSA) is 148 Å². The van der Waals surface area contributed by atoms with Crippen LogP contribution in [0.5, 0.6) is 5.75 Å². The summed E-state index contributed by atoms with van der Waals surface area (Å²) in [6, 6.07) is 9.10. The fourth-order valence-corrected chi connectivity index (χ4v) is 4.67. The highest BCUT2D eigenvalue weighted by Crippen LogP contribution is 2.35.